The maximum absolute atomic E-state index is 11.4. The van der Waals surface area contributed by atoms with Crippen LogP contribution in [-0.2, 0) is 16.0 Å². The van der Waals surface area contributed by atoms with Crippen LogP contribution >= 0.6 is 23.2 Å². The van der Waals surface area contributed by atoms with E-state index >= 15 is 0 Å². The van der Waals surface area contributed by atoms with Crippen LogP contribution in [0.2, 0.25) is 10.0 Å². The van der Waals surface area contributed by atoms with Gasteiger partial charge in [-0.2, -0.15) is 5.10 Å². The van der Waals surface area contributed by atoms with Crippen molar-refractivity contribution in [3.05, 3.63) is 45.6 Å². The molecule has 0 saturated carbocycles. The fourth-order valence-corrected chi connectivity index (χ4v) is 3.52. The molecule has 1 aromatic carbocycles. The molecule has 1 aromatic heterocycles. The maximum atomic E-state index is 11.4. The Morgan fingerprint density at radius 1 is 1.34 bits per heavy atom. The van der Waals surface area contributed by atoms with Crippen molar-refractivity contribution >= 4 is 29.2 Å². The van der Waals surface area contributed by atoms with E-state index in [9.17, 15) is 9.90 Å². The van der Waals surface area contributed by atoms with Gasteiger partial charge in [-0.1, -0.05) is 29.3 Å². The van der Waals surface area contributed by atoms with Crippen LogP contribution in [0.5, 0.6) is 5.88 Å². The molecule has 29 heavy (non-hydrogen) atoms. The van der Waals surface area contributed by atoms with Gasteiger partial charge in [-0.3, -0.25) is 0 Å². The summed E-state index contributed by atoms with van der Waals surface area (Å²) in [5, 5.41) is 17.8. The number of carboxylic acid groups (broad SMARTS) is 1. The maximum Gasteiger partial charge on any atom is 0.356 e. The van der Waals surface area contributed by atoms with Crippen molar-refractivity contribution in [2.75, 3.05) is 40.0 Å². The molecule has 1 fully saturated rings. The number of carboxylic acids is 1. The Hall–Kier alpha value is -1.84. The number of methoxy groups -OCH3 is 1. The molecule has 0 unspecified atom stereocenters. The van der Waals surface area contributed by atoms with Gasteiger partial charge < -0.3 is 24.6 Å². The molecule has 2 aromatic rings. The van der Waals surface area contributed by atoms with Crippen LogP contribution < -0.4 is 10.1 Å². The molecule has 10 heteroatoms. The molecule has 1 aliphatic rings. The zero-order valence-electron chi connectivity index (χ0n) is 15.9. The highest BCUT2D eigenvalue weighted by Gasteiger charge is 2.29. The summed E-state index contributed by atoms with van der Waals surface area (Å²) < 4.78 is 18.3. The van der Waals surface area contributed by atoms with Crippen molar-refractivity contribution < 1.29 is 24.1 Å². The Bertz CT molecular complexity index is 845. The smallest absolute Gasteiger partial charge is 0.356 e. The lowest BCUT2D eigenvalue weighted by Gasteiger charge is -2.26. The van der Waals surface area contributed by atoms with Crippen molar-refractivity contribution in [1.82, 2.24) is 15.1 Å². The summed E-state index contributed by atoms with van der Waals surface area (Å²) in [7, 11) is 1.57. The molecule has 0 aliphatic carbocycles. The molecule has 0 bridgehead atoms. The SMILES string of the molecule is COCCOc1cc(C(=O)O)nn1C[C@@H]1CNCCO[C@H]1c1ccc(Cl)c(Cl)c1. The molecular formula is C19H23Cl2N3O5. The third kappa shape index (κ3) is 5.61. The third-order valence-corrected chi connectivity index (χ3v) is 5.33. The number of carbonyl (C=O) groups is 1. The zero-order valence-corrected chi connectivity index (χ0v) is 17.4. The first kappa shape index (κ1) is 21.9. The van der Waals surface area contributed by atoms with Crippen LogP contribution in [0.3, 0.4) is 0 Å². The Morgan fingerprint density at radius 2 is 2.17 bits per heavy atom. The van der Waals surface area contributed by atoms with Gasteiger partial charge in [0.2, 0.25) is 5.88 Å². The first-order valence-corrected chi connectivity index (χ1v) is 9.95. The van der Waals surface area contributed by atoms with Gasteiger partial charge >= 0.3 is 5.97 Å². The summed E-state index contributed by atoms with van der Waals surface area (Å²) >= 11 is 12.2. The molecular weight excluding hydrogens is 421 g/mol. The van der Waals surface area contributed by atoms with Gasteiger partial charge in [0.25, 0.3) is 0 Å². The van der Waals surface area contributed by atoms with Crippen LogP contribution in [0, 0.1) is 5.92 Å². The van der Waals surface area contributed by atoms with E-state index in [-0.39, 0.29) is 24.3 Å². The fourth-order valence-electron chi connectivity index (χ4n) is 3.21. The van der Waals surface area contributed by atoms with Crippen molar-refractivity contribution in [3.8, 4) is 5.88 Å². The molecule has 158 valence electrons. The van der Waals surface area contributed by atoms with Crippen LogP contribution in [-0.4, -0.2) is 60.9 Å². The number of hydrogen-bond acceptors (Lipinski definition) is 6. The highest BCUT2D eigenvalue weighted by Crippen LogP contribution is 2.33. The number of aromatic nitrogens is 2. The lowest BCUT2D eigenvalue weighted by molar-refractivity contribution is 0.0231. The Morgan fingerprint density at radius 3 is 2.90 bits per heavy atom. The van der Waals surface area contributed by atoms with Gasteiger partial charge in [-0.15, -0.1) is 0 Å². The fraction of sp³-hybridized carbons (Fsp3) is 0.474. The minimum Gasteiger partial charge on any atom is -0.476 e. The van der Waals surface area contributed by atoms with Gasteiger partial charge in [-0.25, -0.2) is 9.48 Å². The van der Waals surface area contributed by atoms with Crippen molar-refractivity contribution in [2.45, 2.75) is 12.6 Å². The first-order chi connectivity index (χ1) is 14.0. The van der Waals surface area contributed by atoms with Gasteiger partial charge in [0, 0.05) is 32.2 Å². The zero-order chi connectivity index (χ0) is 20.8. The second kappa shape index (κ2) is 10.3. The van der Waals surface area contributed by atoms with Gasteiger partial charge in [0.05, 0.1) is 35.9 Å². The van der Waals surface area contributed by atoms with E-state index < -0.39 is 5.97 Å². The van der Waals surface area contributed by atoms with E-state index in [1.807, 2.05) is 6.07 Å². The van der Waals surface area contributed by atoms with Gasteiger partial charge in [0.1, 0.15) is 6.61 Å². The number of rotatable bonds is 8. The molecule has 1 saturated heterocycles. The van der Waals surface area contributed by atoms with Crippen LogP contribution in [0.1, 0.15) is 22.2 Å². The average Bonchev–Trinajstić information content (AvgIpc) is 2.95. The number of benzene rings is 1. The van der Waals surface area contributed by atoms with Crippen molar-refractivity contribution in [2.24, 2.45) is 5.92 Å². The van der Waals surface area contributed by atoms with Crippen molar-refractivity contribution in [1.29, 1.82) is 0 Å². The highest BCUT2D eigenvalue weighted by atomic mass is 35.5. The number of nitrogens with zero attached hydrogens (tertiary/aromatic N) is 2. The molecule has 0 amide bonds. The minimum absolute atomic E-state index is 0.0407. The number of ether oxygens (including phenoxy) is 3. The standard InChI is InChI=1S/C19H23Cl2N3O5/c1-27-6-7-28-17-9-16(19(25)26)23-24(17)11-13-10-22-4-5-29-18(13)12-2-3-14(20)15(21)8-12/h2-3,8-9,13,18,22H,4-7,10-11H2,1H3,(H,25,26)/t13-,18-/m0/s1. The van der Waals surface area contributed by atoms with Gasteiger partial charge in [0.15, 0.2) is 5.69 Å². The molecule has 3 rings (SSSR count). The van der Waals surface area contributed by atoms with E-state index in [1.165, 1.54) is 6.07 Å². The third-order valence-electron chi connectivity index (χ3n) is 4.59. The topological polar surface area (TPSA) is 94.8 Å². The first-order valence-electron chi connectivity index (χ1n) is 9.19. The molecule has 0 spiro atoms. The van der Waals surface area contributed by atoms with E-state index in [0.717, 1.165) is 5.56 Å². The van der Waals surface area contributed by atoms with E-state index in [2.05, 4.69) is 10.4 Å². The molecule has 2 heterocycles. The van der Waals surface area contributed by atoms with Gasteiger partial charge in [-0.05, 0) is 17.7 Å². The van der Waals surface area contributed by atoms with E-state index in [0.29, 0.717) is 48.8 Å². The number of hydrogen-bond donors (Lipinski definition) is 2. The Kier molecular flexibility index (Phi) is 7.74. The second-order valence-electron chi connectivity index (χ2n) is 6.63. The molecule has 2 atom stereocenters. The normalized spacial score (nSPS) is 19.7. The highest BCUT2D eigenvalue weighted by molar-refractivity contribution is 6.42. The molecule has 8 nitrogen and oxygen atoms in total. The van der Waals surface area contributed by atoms with Crippen LogP contribution in [0.15, 0.2) is 24.3 Å². The lowest BCUT2D eigenvalue weighted by Crippen LogP contribution is -2.29. The minimum atomic E-state index is -1.11. The molecule has 2 N–H and O–H groups in total. The molecule has 0 radical (unpaired) electrons. The predicted octanol–water partition coefficient (Wildman–Crippen LogP) is 2.89. The molecule has 1 aliphatic heterocycles. The number of aromatic carboxylic acids is 1. The monoisotopic (exact) mass is 443 g/mol. The second-order valence-corrected chi connectivity index (χ2v) is 7.44. The largest absolute Gasteiger partial charge is 0.476 e. The predicted molar refractivity (Wildman–Crippen MR) is 108 cm³/mol. The lowest BCUT2D eigenvalue weighted by atomic mass is 9.95. The summed E-state index contributed by atoms with van der Waals surface area (Å²) in [6.07, 6.45) is -0.260. The summed E-state index contributed by atoms with van der Waals surface area (Å²) in [6.45, 7) is 2.98. The Labute approximate surface area is 178 Å². The Balaban J connectivity index is 1.86. The average molecular weight is 444 g/mol. The summed E-state index contributed by atoms with van der Waals surface area (Å²) in [5.41, 5.74) is 0.826. The van der Waals surface area contributed by atoms with Crippen LogP contribution in [0.4, 0.5) is 0 Å². The van der Waals surface area contributed by atoms with Crippen LogP contribution in [0.25, 0.3) is 0 Å². The summed E-state index contributed by atoms with van der Waals surface area (Å²) in [5.74, 6) is -0.783. The van der Waals surface area contributed by atoms with Crippen molar-refractivity contribution in [3.63, 3.8) is 0 Å². The quantitative estimate of drug-likeness (QED) is 0.605. The number of halogens is 2. The van der Waals surface area contributed by atoms with E-state index in [1.54, 1.807) is 23.9 Å². The van der Waals surface area contributed by atoms with E-state index in [4.69, 9.17) is 37.4 Å². The number of nitrogens with one attached hydrogen (secondary N) is 1. The summed E-state index contributed by atoms with van der Waals surface area (Å²) in [6, 6.07) is 6.85. The summed E-state index contributed by atoms with van der Waals surface area (Å²) in [4.78, 5) is 11.4.